The third-order valence-corrected chi connectivity index (χ3v) is 5.09. The summed E-state index contributed by atoms with van der Waals surface area (Å²) < 4.78 is 10.3. The van der Waals surface area contributed by atoms with Crippen LogP contribution in [0.1, 0.15) is 35.9 Å². The molecule has 9 heteroatoms. The Balaban J connectivity index is 1.36. The van der Waals surface area contributed by atoms with E-state index in [0.717, 1.165) is 12.8 Å². The van der Waals surface area contributed by atoms with Crippen molar-refractivity contribution in [2.75, 3.05) is 13.1 Å². The number of piperidine rings is 1. The summed E-state index contributed by atoms with van der Waals surface area (Å²) in [4.78, 5) is 23.1. The third-order valence-electron chi connectivity index (χ3n) is 4.80. The largest absolute Gasteiger partial charge is 0.344 e. The predicted octanol–water partition coefficient (Wildman–Crippen LogP) is 3.03. The van der Waals surface area contributed by atoms with Crippen molar-refractivity contribution in [3.05, 3.63) is 46.8 Å². The number of amides is 1. The van der Waals surface area contributed by atoms with E-state index < -0.39 is 0 Å². The zero-order valence-corrected chi connectivity index (χ0v) is 15.5. The molecule has 0 bridgehead atoms. The molecule has 4 rings (SSSR count). The van der Waals surface area contributed by atoms with Gasteiger partial charge in [-0.1, -0.05) is 16.4 Å². The molecule has 0 aliphatic carbocycles. The standard InChI is InChI=1S/C18H18ClN5O3/c1-11-13(16(19)26-22-11)10-15(25)24-8-5-12(6-9-24)18-21-17(23-27-18)14-4-2-3-7-20-14/h2-4,7,12H,5-6,8-10H2,1H3. The van der Waals surface area contributed by atoms with Crippen LogP contribution in [-0.4, -0.2) is 44.2 Å². The molecule has 0 N–H and O–H groups in total. The monoisotopic (exact) mass is 387 g/mol. The van der Waals surface area contributed by atoms with Crippen LogP contribution in [0.2, 0.25) is 5.22 Å². The Morgan fingerprint density at radius 2 is 2.07 bits per heavy atom. The Morgan fingerprint density at radius 1 is 1.26 bits per heavy atom. The molecule has 0 atom stereocenters. The van der Waals surface area contributed by atoms with Crippen molar-refractivity contribution >= 4 is 17.5 Å². The lowest BCUT2D eigenvalue weighted by atomic mass is 9.96. The molecule has 3 aromatic heterocycles. The van der Waals surface area contributed by atoms with E-state index in [-0.39, 0.29) is 23.5 Å². The zero-order valence-electron chi connectivity index (χ0n) is 14.8. The maximum atomic E-state index is 12.5. The van der Waals surface area contributed by atoms with Gasteiger partial charge in [0.1, 0.15) is 5.69 Å². The SMILES string of the molecule is Cc1noc(Cl)c1CC(=O)N1CCC(c2nc(-c3ccccn3)no2)CC1. The molecule has 1 saturated heterocycles. The Kier molecular flexibility index (Phi) is 4.89. The molecule has 3 aromatic rings. The fraction of sp³-hybridized carbons (Fsp3) is 0.389. The van der Waals surface area contributed by atoms with Crippen LogP contribution in [0.5, 0.6) is 0 Å². The third kappa shape index (κ3) is 3.71. The average molecular weight is 388 g/mol. The number of carbonyl (C=O) groups is 1. The molecule has 27 heavy (non-hydrogen) atoms. The first-order valence-electron chi connectivity index (χ1n) is 8.75. The van der Waals surface area contributed by atoms with E-state index in [1.54, 1.807) is 13.1 Å². The topological polar surface area (TPSA) is 98.2 Å². The molecule has 0 unspecified atom stereocenters. The molecule has 0 spiro atoms. The predicted molar refractivity (Wildman–Crippen MR) is 96.0 cm³/mol. The van der Waals surface area contributed by atoms with Crippen LogP contribution in [0.4, 0.5) is 0 Å². The Hall–Kier alpha value is -2.74. The first kappa shape index (κ1) is 17.7. The van der Waals surface area contributed by atoms with Gasteiger partial charge in [-0.2, -0.15) is 4.98 Å². The molecule has 1 aliphatic heterocycles. The quantitative estimate of drug-likeness (QED) is 0.678. The number of pyridine rings is 1. The van der Waals surface area contributed by atoms with Gasteiger partial charge >= 0.3 is 0 Å². The first-order chi connectivity index (χ1) is 13.1. The summed E-state index contributed by atoms with van der Waals surface area (Å²) in [6.45, 7) is 3.04. The fourth-order valence-corrected chi connectivity index (χ4v) is 3.44. The average Bonchev–Trinajstić information content (AvgIpc) is 3.31. The van der Waals surface area contributed by atoms with Gasteiger partial charge < -0.3 is 13.9 Å². The van der Waals surface area contributed by atoms with Crippen LogP contribution in [-0.2, 0) is 11.2 Å². The molecule has 1 amide bonds. The van der Waals surface area contributed by atoms with E-state index in [0.29, 0.717) is 41.8 Å². The molecule has 4 heterocycles. The molecular formula is C18H18ClN5O3. The van der Waals surface area contributed by atoms with Gasteiger partial charge in [-0.25, -0.2) is 0 Å². The molecule has 0 radical (unpaired) electrons. The van der Waals surface area contributed by atoms with Crippen molar-refractivity contribution in [1.29, 1.82) is 0 Å². The van der Waals surface area contributed by atoms with Gasteiger partial charge in [-0.15, -0.1) is 0 Å². The van der Waals surface area contributed by atoms with Gasteiger partial charge in [0.15, 0.2) is 0 Å². The lowest BCUT2D eigenvalue weighted by Gasteiger charge is -2.30. The van der Waals surface area contributed by atoms with Crippen molar-refractivity contribution in [3.8, 4) is 11.5 Å². The summed E-state index contributed by atoms with van der Waals surface area (Å²) in [5.74, 6) is 1.24. The van der Waals surface area contributed by atoms with Crippen LogP contribution < -0.4 is 0 Å². The van der Waals surface area contributed by atoms with Gasteiger partial charge in [0.05, 0.1) is 12.1 Å². The van der Waals surface area contributed by atoms with Crippen molar-refractivity contribution in [2.45, 2.75) is 32.1 Å². The maximum Gasteiger partial charge on any atom is 0.230 e. The summed E-state index contributed by atoms with van der Waals surface area (Å²) in [5, 5.41) is 7.99. The molecule has 140 valence electrons. The van der Waals surface area contributed by atoms with E-state index in [1.807, 2.05) is 23.1 Å². The minimum Gasteiger partial charge on any atom is -0.344 e. The number of aryl methyl sites for hydroxylation is 1. The number of carbonyl (C=O) groups excluding carboxylic acids is 1. The zero-order chi connectivity index (χ0) is 18.8. The first-order valence-corrected chi connectivity index (χ1v) is 9.13. The summed E-state index contributed by atoms with van der Waals surface area (Å²) in [6, 6.07) is 5.56. The second-order valence-corrected chi connectivity index (χ2v) is 6.87. The molecule has 0 aromatic carbocycles. The van der Waals surface area contributed by atoms with Gasteiger partial charge in [-0.05, 0) is 43.5 Å². The highest BCUT2D eigenvalue weighted by Crippen LogP contribution is 2.29. The van der Waals surface area contributed by atoms with Crippen molar-refractivity contribution < 1.29 is 13.8 Å². The highest BCUT2D eigenvalue weighted by molar-refractivity contribution is 6.29. The summed E-state index contributed by atoms with van der Waals surface area (Å²) in [5.41, 5.74) is 1.98. The number of rotatable bonds is 4. The van der Waals surface area contributed by atoms with Gasteiger partial charge in [0.2, 0.25) is 22.8 Å². The highest BCUT2D eigenvalue weighted by atomic mass is 35.5. The number of nitrogens with zero attached hydrogens (tertiary/aromatic N) is 5. The second-order valence-electron chi connectivity index (χ2n) is 6.52. The highest BCUT2D eigenvalue weighted by Gasteiger charge is 2.28. The van der Waals surface area contributed by atoms with Crippen LogP contribution in [0.3, 0.4) is 0 Å². The second kappa shape index (κ2) is 7.48. The molecule has 8 nitrogen and oxygen atoms in total. The number of aromatic nitrogens is 4. The lowest BCUT2D eigenvalue weighted by molar-refractivity contribution is -0.131. The van der Waals surface area contributed by atoms with Crippen LogP contribution >= 0.6 is 11.6 Å². The summed E-state index contributed by atoms with van der Waals surface area (Å²) in [7, 11) is 0. The number of halogens is 1. The van der Waals surface area contributed by atoms with Gasteiger partial charge in [-0.3, -0.25) is 9.78 Å². The van der Waals surface area contributed by atoms with Crippen LogP contribution in [0.25, 0.3) is 11.5 Å². The van der Waals surface area contributed by atoms with Crippen molar-refractivity contribution in [1.82, 2.24) is 25.2 Å². The maximum absolute atomic E-state index is 12.5. The fourth-order valence-electron chi connectivity index (χ4n) is 3.20. The summed E-state index contributed by atoms with van der Waals surface area (Å²) in [6.07, 6.45) is 3.43. The number of hydrogen-bond acceptors (Lipinski definition) is 7. The molecule has 0 saturated carbocycles. The van der Waals surface area contributed by atoms with E-state index in [4.69, 9.17) is 20.6 Å². The van der Waals surface area contributed by atoms with E-state index in [2.05, 4.69) is 20.3 Å². The van der Waals surface area contributed by atoms with E-state index >= 15 is 0 Å². The van der Waals surface area contributed by atoms with Crippen molar-refractivity contribution in [3.63, 3.8) is 0 Å². The van der Waals surface area contributed by atoms with Gasteiger partial charge in [0.25, 0.3) is 0 Å². The smallest absolute Gasteiger partial charge is 0.230 e. The molecular weight excluding hydrogens is 370 g/mol. The minimum absolute atomic E-state index is 0.0151. The number of likely N-dealkylation sites (tertiary alicyclic amines) is 1. The van der Waals surface area contributed by atoms with Crippen LogP contribution in [0.15, 0.2) is 33.4 Å². The lowest BCUT2D eigenvalue weighted by Crippen LogP contribution is -2.38. The van der Waals surface area contributed by atoms with Crippen molar-refractivity contribution in [2.24, 2.45) is 0 Å². The normalized spacial score (nSPS) is 15.3. The Labute approximate surface area is 160 Å². The van der Waals surface area contributed by atoms with Gasteiger partial charge in [0, 0.05) is 30.8 Å². The molecule has 1 fully saturated rings. The number of hydrogen-bond donors (Lipinski definition) is 0. The summed E-state index contributed by atoms with van der Waals surface area (Å²) >= 11 is 5.95. The minimum atomic E-state index is 0.0151. The Bertz CT molecular complexity index is 912. The van der Waals surface area contributed by atoms with E-state index in [1.165, 1.54) is 0 Å². The Morgan fingerprint density at radius 3 is 2.74 bits per heavy atom. The van der Waals surface area contributed by atoms with E-state index in [9.17, 15) is 4.79 Å². The van der Waals surface area contributed by atoms with Crippen LogP contribution in [0, 0.1) is 6.92 Å². The molecule has 1 aliphatic rings.